The molecule has 0 saturated heterocycles. The third-order valence-corrected chi connectivity index (χ3v) is 8.16. The van der Waals surface area contributed by atoms with Crippen molar-refractivity contribution in [1.82, 2.24) is 11.1 Å². The first kappa shape index (κ1) is 32.2. The van der Waals surface area contributed by atoms with Gasteiger partial charge in [-0.15, -0.1) is 0 Å². The first-order valence-corrected chi connectivity index (χ1v) is 16.1. The van der Waals surface area contributed by atoms with Crippen LogP contribution in [0.4, 0.5) is 4.39 Å². The standard InChI is InChI=1S/C39H46FN2O/c1-2-3-4-5-6-7-8-9-10-11-27-42-39(43)34-21-19-32(20-22-34)31-17-15-30(16-18-31)28-38(41)36-14-12-13-35(29-36)33-23-25-37(40)26-24-33/h12-26,29,38,41H,2-11,27-28H2,1H3,(H,42,43). The second kappa shape index (κ2) is 17.4. The van der Waals surface area contributed by atoms with Crippen LogP contribution in [0.1, 0.15) is 98.7 Å². The summed E-state index contributed by atoms with van der Waals surface area (Å²) in [6.45, 7) is 2.98. The zero-order chi connectivity index (χ0) is 30.3. The fourth-order valence-corrected chi connectivity index (χ4v) is 5.49. The molecular weight excluding hydrogens is 531 g/mol. The monoisotopic (exact) mass is 577 g/mol. The van der Waals surface area contributed by atoms with E-state index in [0.29, 0.717) is 12.0 Å². The second-order valence-corrected chi connectivity index (χ2v) is 11.6. The van der Waals surface area contributed by atoms with E-state index in [1.54, 1.807) is 12.1 Å². The number of halogens is 1. The second-order valence-electron chi connectivity index (χ2n) is 11.6. The van der Waals surface area contributed by atoms with Gasteiger partial charge < -0.3 is 5.32 Å². The van der Waals surface area contributed by atoms with Crippen LogP contribution in [0, 0.1) is 5.82 Å². The fraction of sp³-hybridized carbons (Fsp3) is 0.359. The lowest BCUT2D eigenvalue weighted by molar-refractivity contribution is 0.0953. The van der Waals surface area contributed by atoms with Crippen LogP contribution in [0.5, 0.6) is 0 Å². The van der Waals surface area contributed by atoms with Gasteiger partial charge in [0.1, 0.15) is 5.82 Å². The quantitative estimate of drug-likeness (QED) is 0.125. The maximum atomic E-state index is 13.3. The van der Waals surface area contributed by atoms with E-state index >= 15 is 0 Å². The Morgan fingerprint density at radius 1 is 0.674 bits per heavy atom. The van der Waals surface area contributed by atoms with Crippen molar-refractivity contribution in [3.63, 3.8) is 0 Å². The summed E-state index contributed by atoms with van der Waals surface area (Å²) in [6.07, 6.45) is 13.5. The summed E-state index contributed by atoms with van der Waals surface area (Å²) in [4.78, 5) is 12.6. The molecule has 0 heterocycles. The molecule has 1 atom stereocenters. The van der Waals surface area contributed by atoms with Crippen molar-refractivity contribution in [2.45, 2.75) is 83.6 Å². The number of amides is 1. The van der Waals surface area contributed by atoms with E-state index in [0.717, 1.165) is 46.3 Å². The van der Waals surface area contributed by atoms with Gasteiger partial charge in [-0.25, -0.2) is 10.1 Å². The van der Waals surface area contributed by atoms with Crippen molar-refractivity contribution >= 4 is 5.91 Å². The van der Waals surface area contributed by atoms with Crippen LogP contribution in [0.15, 0.2) is 97.1 Å². The number of rotatable bonds is 17. The number of carbonyl (C=O) groups is 1. The molecule has 225 valence electrons. The summed E-state index contributed by atoms with van der Waals surface area (Å²) in [5.41, 5.74) is 15.5. The molecule has 4 rings (SSSR count). The summed E-state index contributed by atoms with van der Waals surface area (Å²) in [5, 5.41) is 3.07. The lowest BCUT2D eigenvalue weighted by Gasteiger charge is -2.13. The van der Waals surface area contributed by atoms with Gasteiger partial charge in [0.05, 0.1) is 6.04 Å². The topological polar surface area (TPSA) is 52.9 Å². The summed E-state index contributed by atoms with van der Waals surface area (Å²) in [5.74, 6) is -0.263. The average molecular weight is 578 g/mol. The molecule has 0 aromatic heterocycles. The Morgan fingerprint density at radius 2 is 1.21 bits per heavy atom. The largest absolute Gasteiger partial charge is 0.352 e. The smallest absolute Gasteiger partial charge is 0.251 e. The van der Waals surface area contributed by atoms with Gasteiger partial charge in [0.2, 0.25) is 0 Å². The number of hydrogen-bond acceptors (Lipinski definition) is 1. The Morgan fingerprint density at radius 3 is 1.84 bits per heavy atom. The molecule has 0 aliphatic carbocycles. The van der Waals surface area contributed by atoms with Crippen LogP contribution in [0.25, 0.3) is 22.3 Å². The molecular formula is C39H46FN2O. The van der Waals surface area contributed by atoms with E-state index in [1.165, 1.54) is 69.9 Å². The van der Waals surface area contributed by atoms with Crippen LogP contribution in [0.3, 0.4) is 0 Å². The van der Waals surface area contributed by atoms with Gasteiger partial charge in [-0.05, 0) is 76.6 Å². The minimum absolute atomic E-state index is 0.0113. The third-order valence-electron chi connectivity index (χ3n) is 8.16. The molecule has 4 aromatic rings. The molecule has 0 spiro atoms. The molecule has 1 radical (unpaired) electrons. The number of benzene rings is 4. The van der Waals surface area contributed by atoms with Gasteiger partial charge in [0.15, 0.2) is 0 Å². The first-order valence-electron chi connectivity index (χ1n) is 16.1. The van der Waals surface area contributed by atoms with Gasteiger partial charge in [0, 0.05) is 12.1 Å². The van der Waals surface area contributed by atoms with Crippen molar-refractivity contribution in [3.8, 4) is 22.3 Å². The maximum absolute atomic E-state index is 13.3. The molecule has 4 aromatic carbocycles. The molecule has 2 N–H and O–H groups in total. The normalized spacial score (nSPS) is 11.8. The maximum Gasteiger partial charge on any atom is 0.251 e. The van der Waals surface area contributed by atoms with E-state index < -0.39 is 6.04 Å². The molecule has 1 amide bonds. The highest BCUT2D eigenvalue weighted by atomic mass is 19.1. The predicted octanol–water partition coefficient (Wildman–Crippen LogP) is 10.4. The fourth-order valence-electron chi connectivity index (χ4n) is 5.49. The highest BCUT2D eigenvalue weighted by molar-refractivity contribution is 5.94. The summed E-state index contributed by atoms with van der Waals surface area (Å²) in [6, 6.07) is 30.1. The van der Waals surface area contributed by atoms with Crippen molar-refractivity contribution in [2.24, 2.45) is 0 Å². The highest BCUT2D eigenvalue weighted by Gasteiger charge is 2.11. The van der Waals surface area contributed by atoms with E-state index in [4.69, 9.17) is 5.73 Å². The SMILES string of the molecule is CCCCCCCCCCCCNC(=O)c1ccc(-c2ccc(CC([NH])c3cccc(-c4ccc(F)cc4)c3)cc2)cc1. The molecule has 0 fully saturated rings. The molecule has 0 bridgehead atoms. The summed E-state index contributed by atoms with van der Waals surface area (Å²) < 4.78 is 13.3. The minimum Gasteiger partial charge on any atom is -0.352 e. The van der Waals surface area contributed by atoms with Crippen LogP contribution in [-0.4, -0.2) is 12.5 Å². The molecule has 0 aliphatic rings. The van der Waals surface area contributed by atoms with Crippen molar-refractivity contribution in [3.05, 3.63) is 120 Å². The van der Waals surface area contributed by atoms with Gasteiger partial charge in [-0.2, -0.15) is 0 Å². The number of carbonyl (C=O) groups excluding carboxylic acids is 1. The van der Waals surface area contributed by atoms with E-state index in [2.05, 4.69) is 36.5 Å². The van der Waals surface area contributed by atoms with Crippen LogP contribution in [-0.2, 0) is 6.42 Å². The Kier molecular flexibility index (Phi) is 13.0. The lowest BCUT2D eigenvalue weighted by Crippen LogP contribution is -2.24. The molecule has 4 heteroatoms. The number of hydrogen-bond donors (Lipinski definition) is 1. The van der Waals surface area contributed by atoms with E-state index in [9.17, 15) is 9.18 Å². The molecule has 1 unspecified atom stereocenters. The predicted molar refractivity (Wildman–Crippen MR) is 177 cm³/mol. The highest BCUT2D eigenvalue weighted by Crippen LogP contribution is 2.26. The zero-order valence-electron chi connectivity index (χ0n) is 25.6. The summed E-state index contributed by atoms with van der Waals surface area (Å²) in [7, 11) is 0. The Hall–Kier alpha value is -3.76. The van der Waals surface area contributed by atoms with Crippen LogP contribution in [0.2, 0.25) is 0 Å². The Bertz CT molecular complexity index is 1380. The van der Waals surface area contributed by atoms with E-state index in [-0.39, 0.29) is 11.7 Å². The first-order chi connectivity index (χ1) is 21.0. The molecule has 43 heavy (non-hydrogen) atoms. The van der Waals surface area contributed by atoms with Gasteiger partial charge in [-0.1, -0.05) is 131 Å². The Balaban J connectivity index is 1.20. The van der Waals surface area contributed by atoms with Gasteiger partial charge in [0.25, 0.3) is 5.91 Å². The number of nitrogens with one attached hydrogen (secondary N) is 2. The van der Waals surface area contributed by atoms with E-state index in [1.807, 2.05) is 48.5 Å². The van der Waals surface area contributed by atoms with Gasteiger partial charge >= 0.3 is 0 Å². The molecule has 3 nitrogen and oxygen atoms in total. The van der Waals surface area contributed by atoms with Crippen molar-refractivity contribution in [2.75, 3.05) is 6.54 Å². The van der Waals surface area contributed by atoms with Gasteiger partial charge in [-0.3, -0.25) is 4.79 Å². The zero-order valence-corrected chi connectivity index (χ0v) is 25.6. The molecule has 0 aliphatic heterocycles. The van der Waals surface area contributed by atoms with Crippen LogP contribution < -0.4 is 11.1 Å². The minimum atomic E-state index is -0.399. The van der Waals surface area contributed by atoms with Crippen molar-refractivity contribution in [1.29, 1.82) is 0 Å². The number of unbranched alkanes of at least 4 members (excludes halogenated alkanes) is 9. The Labute approximate surface area is 257 Å². The average Bonchev–Trinajstić information content (AvgIpc) is 3.04. The molecule has 0 saturated carbocycles. The summed E-state index contributed by atoms with van der Waals surface area (Å²) >= 11 is 0. The lowest BCUT2D eigenvalue weighted by atomic mass is 9.95. The van der Waals surface area contributed by atoms with Crippen LogP contribution >= 0.6 is 0 Å². The third kappa shape index (κ3) is 10.5. The van der Waals surface area contributed by atoms with Crippen molar-refractivity contribution < 1.29 is 9.18 Å².